The zero-order valence-corrected chi connectivity index (χ0v) is 10.5. The summed E-state index contributed by atoms with van der Waals surface area (Å²) < 4.78 is 0. The lowest BCUT2D eigenvalue weighted by Crippen LogP contribution is -1.83. The highest BCUT2D eigenvalue weighted by Crippen LogP contribution is 2.24. The summed E-state index contributed by atoms with van der Waals surface area (Å²) in [7, 11) is 0. The van der Waals surface area contributed by atoms with E-state index >= 15 is 0 Å². The number of nitrogens with zero attached hydrogens (tertiary/aromatic N) is 2. The molecule has 0 fully saturated rings. The summed E-state index contributed by atoms with van der Waals surface area (Å²) in [5.41, 5.74) is 1.11. The van der Waals surface area contributed by atoms with E-state index in [-0.39, 0.29) is 0 Å². The Hall–Kier alpha value is -1.00. The van der Waals surface area contributed by atoms with Crippen molar-refractivity contribution in [2.75, 3.05) is 0 Å². The summed E-state index contributed by atoms with van der Waals surface area (Å²) in [4.78, 5) is 4.33. The van der Waals surface area contributed by atoms with Crippen LogP contribution in [-0.4, -0.2) is 15.2 Å². The molecule has 0 spiro atoms. The van der Waals surface area contributed by atoms with Gasteiger partial charge in [-0.05, 0) is 11.6 Å². The van der Waals surface area contributed by atoms with Crippen LogP contribution in [0.4, 0.5) is 0 Å². The normalized spacial score (nSPS) is 10.6. The summed E-state index contributed by atoms with van der Waals surface area (Å²) in [5.74, 6) is 1.71. The molecule has 0 saturated carbocycles. The third-order valence-corrected chi connectivity index (χ3v) is 3.43. The molecule has 1 aromatic heterocycles. The van der Waals surface area contributed by atoms with E-state index in [9.17, 15) is 0 Å². The minimum Gasteiger partial charge on any atom is -0.262 e. The van der Waals surface area contributed by atoms with Crippen LogP contribution in [-0.2, 0) is 12.2 Å². The van der Waals surface area contributed by atoms with Gasteiger partial charge in [-0.25, -0.2) is 4.98 Å². The van der Waals surface area contributed by atoms with Gasteiger partial charge in [0.2, 0.25) is 5.16 Å². The molecule has 0 amide bonds. The Morgan fingerprint density at radius 1 is 1.38 bits per heavy atom. The van der Waals surface area contributed by atoms with E-state index in [1.165, 1.54) is 0 Å². The third-order valence-electron chi connectivity index (χ3n) is 2.16. The van der Waals surface area contributed by atoms with Gasteiger partial charge in [-0.1, -0.05) is 48.5 Å². The van der Waals surface area contributed by atoms with Crippen molar-refractivity contribution in [1.29, 1.82) is 0 Å². The Morgan fingerprint density at radius 2 is 2.19 bits per heavy atom. The molecule has 0 aliphatic carbocycles. The minimum absolute atomic E-state index is 0.775. The van der Waals surface area contributed by atoms with E-state index in [1.54, 1.807) is 11.8 Å². The SMILES string of the molecule is CCc1nc(SCc2ccccc2Cl)n[nH]1. The fourth-order valence-corrected chi connectivity index (χ4v) is 2.36. The molecule has 0 atom stereocenters. The van der Waals surface area contributed by atoms with Crippen LogP contribution in [0.3, 0.4) is 0 Å². The molecule has 3 nitrogen and oxygen atoms in total. The van der Waals surface area contributed by atoms with Crippen LogP contribution in [0.1, 0.15) is 18.3 Å². The lowest BCUT2D eigenvalue weighted by Gasteiger charge is -2.00. The molecular weight excluding hydrogens is 242 g/mol. The molecule has 1 N–H and O–H groups in total. The number of aryl methyl sites for hydroxylation is 1. The molecule has 0 bridgehead atoms. The highest BCUT2D eigenvalue weighted by atomic mass is 35.5. The van der Waals surface area contributed by atoms with Crippen molar-refractivity contribution in [1.82, 2.24) is 15.2 Å². The number of aromatic amines is 1. The van der Waals surface area contributed by atoms with Crippen LogP contribution in [0.15, 0.2) is 29.4 Å². The zero-order chi connectivity index (χ0) is 11.4. The third kappa shape index (κ3) is 2.77. The largest absolute Gasteiger partial charge is 0.262 e. The first-order valence-electron chi connectivity index (χ1n) is 5.07. The van der Waals surface area contributed by atoms with Crippen molar-refractivity contribution in [2.45, 2.75) is 24.3 Å². The van der Waals surface area contributed by atoms with Gasteiger partial charge >= 0.3 is 0 Å². The summed E-state index contributed by atoms with van der Waals surface area (Å²) in [6.45, 7) is 2.04. The van der Waals surface area contributed by atoms with Crippen LogP contribution in [0.5, 0.6) is 0 Å². The molecule has 0 unspecified atom stereocenters. The average molecular weight is 254 g/mol. The Bertz CT molecular complexity index is 470. The molecule has 1 aromatic carbocycles. The van der Waals surface area contributed by atoms with Crippen LogP contribution < -0.4 is 0 Å². The van der Waals surface area contributed by atoms with E-state index in [0.29, 0.717) is 0 Å². The highest BCUT2D eigenvalue weighted by Gasteiger charge is 2.04. The van der Waals surface area contributed by atoms with Crippen molar-refractivity contribution < 1.29 is 0 Å². The number of hydrogen-bond donors (Lipinski definition) is 1. The lowest BCUT2D eigenvalue weighted by atomic mass is 10.2. The van der Waals surface area contributed by atoms with E-state index in [4.69, 9.17) is 11.6 Å². The Kier molecular flexibility index (Phi) is 3.85. The molecular formula is C11H12ClN3S. The molecule has 16 heavy (non-hydrogen) atoms. The molecule has 0 saturated heterocycles. The van der Waals surface area contributed by atoms with Gasteiger partial charge < -0.3 is 0 Å². The average Bonchev–Trinajstić information content (AvgIpc) is 2.76. The van der Waals surface area contributed by atoms with E-state index in [0.717, 1.165) is 33.7 Å². The van der Waals surface area contributed by atoms with E-state index in [2.05, 4.69) is 15.2 Å². The van der Waals surface area contributed by atoms with Crippen molar-refractivity contribution >= 4 is 23.4 Å². The van der Waals surface area contributed by atoms with Crippen LogP contribution in [0, 0.1) is 0 Å². The topological polar surface area (TPSA) is 41.6 Å². The molecule has 2 rings (SSSR count). The molecule has 2 aromatic rings. The number of benzene rings is 1. The first kappa shape index (κ1) is 11.5. The summed E-state index contributed by atoms with van der Waals surface area (Å²) in [6, 6.07) is 7.82. The van der Waals surface area contributed by atoms with Gasteiger partial charge in [0, 0.05) is 17.2 Å². The number of thioether (sulfide) groups is 1. The van der Waals surface area contributed by atoms with Crippen molar-refractivity contribution in [3.8, 4) is 0 Å². The van der Waals surface area contributed by atoms with E-state index in [1.807, 2.05) is 31.2 Å². The van der Waals surface area contributed by atoms with Crippen molar-refractivity contribution in [3.63, 3.8) is 0 Å². The van der Waals surface area contributed by atoms with Gasteiger partial charge in [0.25, 0.3) is 0 Å². The maximum absolute atomic E-state index is 6.06. The summed E-state index contributed by atoms with van der Waals surface area (Å²) >= 11 is 7.65. The van der Waals surface area contributed by atoms with Crippen LogP contribution in [0.25, 0.3) is 0 Å². The Labute approximate surface area is 104 Å². The minimum atomic E-state index is 0.775. The van der Waals surface area contributed by atoms with Gasteiger partial charge in [0.1, 0.15) is 5.82 Å². The Balaban J connectivity index is 1.99. The van der Waals surface area contributed by atoms with Crippen LogP contribution >= 0.6 is 23.4 Å². The number of rotatable bonds is 4. The van der Waals surface area contributed by atoms with Crippen molar-refractivity contribution in [3.05, 3.63) is 40.7 Å². The van der Waals surface area contributed by atoms with E-state index < -0.39 is 0 Å². The predicted molar refractivity (Wildman–Crippen MR) is 66.8 cm³/mol. The van der Waals surface area contributed by atoms with Gasteiger partial charge in [-0.3, -0.25) is 5.10 Å². The zero-order valence-electron chi connectivity index (χ0n) is 8.90. The number of halogens is 1. The number of H-pyrrole nitrogens is 1. The van der Waals surface area contributed by atoms with Gasteiger partial charge in [-0.15, -0.1) is 5.10 Å². The van der Waals surface area contributed by atoms with Gasteiger partial charge in [0.15, 0.2) is 0 Å². The fourth-order valence-electron chi connectivity index (χ4n) is 1.26. The number of hydrogen-bond acceptors (Lipinski definition) is 3. The first-order chi connectivity index (χ1) is 7.79. The predicted octanol–water partition coefficient (Wildman–Crippen LogP) is 3.31. The Morgan fingerprint density at radius 3 is 2.88 bits per heavy atom. The second-order valence-corrected chi connectivity index (χ2v) is 4.65. The summed E-state index contributed by atoms with van der Waals surface area (Å²) in [6.07, 6.45) is 0.875. The monoisotopic (exact) mass is 253 g/mol. The summed E-state index contributed by atoms with van der Waals surface area (Å²) in [5, 5.41) is 8.57. The van der Waals surface area contributed by atoms with Crippen molar-refractivity contribution in [2.24, 2.45) is 0 Å². The van der Waals surface area contributed by atoms with Gasteiger partial charge in [0.05, 0.1) is 0 Å². The fraction of sp³-hybridized carbons (Fsp3) is 0.273. The second kappa shape index (κ2) is 5.37. The lowest BCUT2D eigenvalue weighted by molar-refractivity contribution is 0.941. The highest BCUT2D eigenvalue weighted by molar-refractivity contribution is 7.98. The maximum Gasteiger partial charge on any atom is 0.208 e. The maximum atomic E-state index is 6.06. The quantitative estimate of drug-likeness (QED) is 0.850. The van der Waals surface area contributed by atoms with Crippen LogP contribution in [0.2, 0.25) is 5.02 Å². The molecule has 0 aliphatic heterocycles. The van der Waals surface area contributed by atoms with Gasteiger partial charge in [-0.2, -0.15) is 0 Å². The molecule has 0 radical (unpaired) electrons. The second-order valence-electron chi connectivity index (χ2n) is 3.30. The molecule has 0 aliphatic rings. The number of aromatic nitrogens is 3. The first-order valence-corrected chi connectivity index (χ1v) is 6.43. The molecule has 5 heteroatoms. The smallest absolute Gasteiger partial charge is 0.208 e. The molecule has 84 valence electrons. The standard InChI is InChI=1S/C11H12ClN3S/c1-2-10-13-11(15-14-10)16-7-8-5-3-4-6-9(8)12/h3-6H,2,7H2,1H3,(H,13,14,15). The molecule has 1 heterocycles. The number of nitrogens with one attached hydrogen (secondary N) is 1.